The number of aryl methyl sites for hydroxylation is 3. The van der Waals surface area contributed by atoms with Crippen molar-refractivity contribution in [2.24, 2.45) is 5.84 Å². The van der Waals surface area contributed by atoms with Crippen LogP contribution in [0.15, 0.2) is 30.6 Å². The molecule has 19 heavy (non-hydrogen) atoms. The number of rotatable bonds is 5. The van der Waals surface area contributed by atoms with Crippen LogP contribution in [0.4, 0.5) is 0 Å². The third-order valence-corrected chi connectivity index (χ3v) is 3.38. The highest BCUT2D eigenvalue weighted by molar-refractivity contribution is 5.36. The molecule has 2 rings (SSSR count). The summed E-state index contributed by atoms with van der Waals surface area (Å²) in [7, 11) is 0. The summed E-state index contributed by atoms with van der Waals surface area (Å²) in [5, 5.41) is 0. The maximum atomic E-state index is 5.78. The van der Waals surface area contributed by atoms with Gasteiger partial charge in [0, 0.05) is 18.9 Å². The molecule has 0 aliphatic rings. The Kier molecular flexibility index (Phi) is 4.35. The number of hydrogen-bond donors (Lipinski definition) is 2. The van der Waals surface area contributed by atoms with Gasteiger partial charge >= 0.3 is 0 Å². The van der Waals surface area contributed by atoms with E-state index in [-0.39, 0.29) is 6.04 Å². The Morgan fingerprint density at radius 1 is 1.37 bits per heavy atom. The summed E-state index contributed by atoms with van der Waals surface area (Å²) in [6.07, 6.45) is 4.92. The van der Waals surface area contributed by atoms with Crippen LogP contribution in [-0.4, -0.2) is 9.55 Å². The maximum Gasteiger partial charge on any atom is 0.131 e. The average molecular weight is 258 g/mol. The second-order valence-electron chi connectivity index (χ2n) is 4.94. The van der Waals surface area contributed by atoms with Crippen molar-refractivity contribution in [1.29, 1.82) is 0 Å². The van der Waals surface area contributed by atoms with Crippen molar-refractivity contribution in [3.63, 3.8) is 0 Å². The van der Waals surface area contributed by atoms with Crippen molar-refractivity contribution < 1.29 is 0 Å². The summed E-state index contributed by atoms with van der Waals surface area (Å²) in [6.45, 7) is 7.31. The lowest BCUT2D eigenvalue weighted by Gasteiger charge is -2.20. The lowest BCUT2D eigenvalue weighted by atomic mass is 9.98. The van der Waals surface area contributed by atoms with E-state index in [0.717, 1.165) is 18.8 Å². The number of nitrogens with one attached hydrogen (secondary N) is 1. The van der Waals surface area contributed by atoms with Gasteiger partial charge in [-0.15, -0.1) is 0 Å². The predicted molar refractivity (Wildman–Crippen MR) is 77.6 cm³/mol. The molecule has 3 N–H and O–H groups in total. The molecular formula is C15H22N4. The lowest BCUT2D eigenvalue weighted by Crippen LogP contribution is -2.31. The molecule has 0 saturated heterocycles. The molecule has 1 aromatic heterocycles. The van der Waals surface area contributed by atoms with E-state index in [1.54, 1.807) is 0 Å². The minimum absolute atomic E-state index is 0.0681. The van der Waals surface area contributed by atoms with Crippen LogP contribution < -0.4 is 11.3 Å². The van der Waals surface area contributed by atoms with Gasteiger partial charge in [0.25, 0.3) is 0 Å². The van der Waals surface area contributed by atoms with E-state index in [0.29, 0.717) is 0 Å². The largest absolute Gasteiger partial charge is 0.333 e. The fraction of sp³-hybridized carbons (Fsp3) is 0.400. The van der Waals surface area contributed by atoms with Crippen molar-refractivity contribution in [2.75, 3.05) is 0 Å². The number of hydrazine groups is 1. The molecular weight excluding hydrogens is 236 g/mol. The second kappa shape index (κ2) is 5.99. The van der Waals surface area contributed by atoms with Crippen LogP contribution in [-0.2, 0) is 6.54 Å². The molecule has 1 aromatic carbocycles. The molecule has 0 amide bonds. The lowest BCUT2D eigenvalue weighted by molar-refractivity contribution is 0.543. The van der Waals surface area contributed by atoms with E-state index in [9.17, 15) is 0 Å². The molecule has 1 atom stereocenters. The van der Waals surface area contributed by atoms with Gasteiger partial charge in [0.05, 0.1) is 0 Å². The molecule has 0 fully saturated rings. The van der Waals surface area contributed by atoms with Crippen LogP contribution in [0.2, 0.25) is 0 Å². The van der Waals surface area contributed by atoms with Gasteiger partial charge in [0.1, 0.15) is 11.9 Å². The Bertz CT molecular complexity index is 545. The normalized spacial score (nSPS) is 12.6. The smallest absolute Gasteiger partial charge is 0.131 e. The molecule has 1 heterocycles. The summed E-state index contributed by atoms with van der Waals surface area (Å²) in [6, 6.07) is 6.35. The number of nitrogens with zero attached hydrogens (tertiary/aromatic N) is 2. The first-order valence-corrected chi connectivity index (χ1v) is 6.71. The van der Waals surface area contributed by atoms with Crippen molar-refractivity contribution in [3.05, 3.63) is 53.1 Å². The van der Waals surface area contributed by atoms with Gasteiger partial charge in [0.2, 0.25) is 0 Å². The molecule has 1 unspecified atom stereocenters. The Morgan fingerprint density at radius 2 is 2.16 bits per heavy atom. The number of aromatic nitrogens is 2. The summed E-state index contributed by atoms with van der Waals surface area (Å²) < 4.78 is 2.16. The van der Waals surface area contributed by atoms with Crippen LogP contribution in [0, 0.1) is 13.8 Å². The number of imidazole rings is 1. The number of benzene rings is 1. The minimum Gasteiger partial charge on any atom is -0.333 e. The van der Waals surface area contributed by atoms with Crippen molar-refractivity contribution in [2.45, 2.75) is 39.8 Å². The van der Waals surface area contributed by atoms with E-state index >= 15 is 0 Å². The summed E-state index contributed by atoms with van der Waals surface area (Å²) in [5.41, 5.74) is 6.54. The number of hydrogen-bond acceptors (Lipinski definition) is 3. The van der Waals surface area contributed by atoms with E-state index < -0.39 is 0 Å². The highest BCUT2D eigenvalue weighted by Gasteiger charge is 2.19. The Balaban J connectivity index is 2.44. The van der Waals surface area contributed by atoms with Crippen molar-refractivity contribution in [1.82, 2.24) is 15.0 Å². The van der Waals surface area contributed by atoms with Gasteiger partial charge in [-0.05, 0) is 31.4 Å². The first-order valence-electron chi connectivity index (χ1n) is 6.71. The summed E-state index contributed by atoms with van der Waals surface area (Å²) in [5.74, 6) is 6.75. The van der Waals surface area contributed by atoms with E-state index in [1.165, 1.54) is 16.7 Å². The molecule has 4 nitrogen and oxygen atoms in total. The van der Waals surface area contributed by atoms with E-state index in [1.807, 2.05) is 12.4 Å². The summed E-state index contributed by atoms with van der Waals surface area (Å²) in [4.78, 5) is 4.47. The highest BCUT2D eigenvalue weighted by atomic mass is 15.3. The van der Waals surface area contributed by atoms with E-state index in [2.05, 4.69) is 53.9 Å². The Labute approximate surface area is 114 Å². The van der Waals surface area contributed by atoms with Gasteiger partial charge in [-0.2, -0.15) is 0 Å². The van der Waals surface area contributed by atoms with E-state index in [4.69, 9.17) is 5.84 Å². The molecule has 0 radical (unpaired) electrons. The highest BCUT2D eigenvalue weighted by Crippen LogP contribution is 2.24. The van der Waals surface area contributed by atoms with Gasteiger partial charge in [-0.3, -0.25) is 5.84 Å². The molecule has 0 aliphatic heterocycles. The molecule has 0 spiro atoms. The van der Waals surface area contributed by atoms with Gasteiger partial charge in [0.15, 0.2) is 0 Å². The molecule has 102 valence electrons. The quantitative estimate of drug-likeness (QED) is 0.640. The first kappa shape index (κ1) is 13.8. The monoisotopic (exact) mass is 258 g/mol. The molecule has 0 bridgehead atoms. The van der Waals surface area contributed by atoms with Crippen LogP contribution >= 0.6 is 0 Å². The van der Waals surface area contributed by atoms with Gasteiger partial charge in [-0.25, -0.2) is 10.4 Å². The summed E-state index contributed by atoms with van der Waals surface area (Å²) >= 11 is 0. The zero-order valence-electron chi connectivity index (χ0n) is 11.9. The molecule has 4 heteroatoms. The number of nitrogens with two attached hydrogens (primary N) is 1. The fourth-order valence-electron chi connectivity index (χ4n) is 2.39. The zero-order chi connectivity index (χ0) is 13.8. The molecule has 2 aromatic rings. The standard InChI is InChI=1S/C15H22N4/c1-4-8-19-9-7-17-15(19)14(18-16)13-10-11(2)5-6-12(13)3/h5-7,9-10,14,18H,4,8,16H2,1-3H3. The third kappa shape index (κ3) is 2.85. The van der Waals surface area contributed by atoms with Gasteiger partial charge in [-0.1, -0.05) is 30.7 Å². The zero-order valence-corrected chi connectivity index (χ0v) is 11.9. The van der Waals surface area contributed by atoms with Crippen molar-refractivity contribution in [3.8, 4) is 0 Å². The maximum absolute atomic E-state index is 5.78. The van der Waals surface area contributed by atoms with Gasteiger partial charge < -0.3 is 4.57 Å². The molecule has 0 saturated carbocycles. The minimum atomic E-state index is -0.0681. The first-order chi connectivity index (χ1) is 9.17. The topological polar surface area (TPSA) is 55.9 Å². The van der Waals surface area contributed by atoms with Crippen LogP contribution in [0.3, 0.4) is 0 Å². The SMILES string of the molecule is CCCn1ccnc1C(NN)c1cc(C)ccc1C. The predicted octanol–water partition coefficient (Wildman–Crippen LogP) is 2.46. The third-order valence-electron chi connectivity index (χ3n) is 3.38. The Hall–Kier alpha value is -1.65. The Morgan fingerprint density at radius 3 is 2.84 bits per heavy atom. The fourth-order valence-corrected chi connectivity index (χ4v) is 2.39. The molecule has 0 aliphatic carbocycles. The van der Waals surface area contributed by atoms with Crippen LogP contribution in [0.5, 0.6) is 0 Å². The average Bonchev–Trinajstić information content (AvgIpc) is 2.83. The second-order valence-corrected chi connectivity index (χ2v) is 4.94. The van der Waals surface area contributed by atoms with Crippen molar-refractivity contribution >= 4 is 0 Å². The van der Waals surface area contributed by atoms with Crippen LogP contribution in [0.1, 0.15) is 41.9 Å². The van der Waals surface area contributed by atoms with Crippen LogP contribution in [0.25, 0.3) is 0 Å².